The Labute approximate surface area is 140 Å². The van der Waals surface area contributed by atoms with Crippen LogP contribution >= 0.6 is 0 Å². The van der Waals surface area contributed by atoms with Gasteiger partial charge in [0, 0.05) is 0 Å². The van der Waals surface area contributed by atoms with Gasteiger partial charge < -0.3 is 10.2 Å². The first-order chi connectivity index (χ1) is 10.9. The number of aryl methyl sites for hydroxylation is 1. The van der Waals surface area contributed by atoms with E-state index in [-0.39, 0.29) is 11.5 Å². The van der Waals surface area contributed by atoms with Crippen molar-refractivity contribution in [3.63, 3.8) is 0 Å². The van der Waals surface area contributed by atoms with Crippen LogP contribution in [0.4, 0.5) is 0 Å². The van der Waals surface area contributed by atoms with Gasteiger partial charge in [-0.05, 0) is 73.8 Å². The quantitative estimate of drug-likeness (QED) is 0.634. The van der Waals surface area contributed by atoms with Crippen LogP contribution in [0.1, 0.15) is 70.4 Å². The van der Waals surface area contributed by atoms with Gasteiger partial charge in [0.05, 0.1) is 5.56 Å². The maximum Gasteiger partial charge on any atom is 0.127 e. The Hall–Kier alpha value is -1.70. The molecule has 126 valence electrons. The molecule has 2 heteroatoms. The summed E-state index contributed by atoms with van der Waals surface area (Å²) in [6, 6.07) is 3.65. The van der Waals surface area contributed by atoms with E-state index < -0.39 is 0 Å². The lowest BCUT2D eigenvalue weighted by atomic mass is 9.79. The third-order valence-corrected chi connectivity index (χ3v) is 4.85. The van der Waals surface area contributed by atoms with Crippen molar-refractivity contribution in [3.8, 4) is 11.5 Å². The van der Waals surface area contributed by atoms with Crippen LogP contribution in [0.3, 0.4) is 0 Å². The molecule has 2 nitrogen and oxygen atoms in total. The van der Waals surface area contributed by atoms with Crippen LogP contribution in [0.2, 0.25) is 0 Å². The summed E-state index contributed by atoms with van der Waals surface area (Å²) >= 11 is 0. The monoisotopic (exact) mass is 314 g/mol. The second-order valence-corrected chi connectivity index (χ2v) is 7.05. The zero-order valence-corrected chi connectivity index (χ0v) is 14.8. The van der Waals surface area contributed by atoms with Crippen LogP contribution in [0.25, 0.3) is 5.57 Å². The van der Waals surface area contributed by atoms with Crippen molar-refractivity contribution in [2.75, 3.05) is 0 Å². The van der Waals surface area contributed by atoms with E-state index in [0.717, 1.165) is 48.8 Å². The highest BCUT2D eigenvalue weighted by Crippen LogP contribution is 2.45. The third kappa shape index (κ3) is 4.19. The van der Waals surface area contributed by atoms with Crippen molar-refractivity contribution in [3.05, 3.63) is 41.0 Å². The third-order valence-electron chi connectivity index (χ3n) is 4.85. The molecule has 2 rings (SSSR count). The van der Waals surface area contributed by atoms with Gasteiger partial charge in [-0.3, -0.25) is 0 Å². The first kappa shape index (κ1) is 17.7. The molecule has 0 amide bonds. The van der Waals surface area contributed by atoms with Crippen LogP contribution in [-0.2, 0) is 6.42 Å². The summed E-state index contributed by atoms with van der Waals surface area (Å²) in [7, 11) is 0. The summed E-state index contributed by atoms with van der Waals surface area (Å²) in [6.45, 7) is 10.5. The number of phenolic OH excluding ortho intramolecular Hbond substituents is 2. The standard InChI is InChI=1S/C21H30O2/c1-5-6-7-8-16-12-19(22)21(20(23)13-16)18-11-15(4)9-10-17(18)14(2)3/h12-13,15,22-23H,2,5-11H2,1,3-4H3. The van der Waals surface area contributed by atoms with Crippen LogP contribution in [0.15, 0.2) is 29.9 Å². The first-order valence-electron chi connectivity index (χ1n) is 8.87. The maximum absolute atomic E-state index is 10.5. The number of hydrogen-bond donors (Lipinski definition) is 2. The Morgan fingerprint density at radius 1 is 1.22 bits per heavy atom. The van der Waals surface area contributed by atoms with Gasteiger partial charge in [0.15, 0.2) is 0 Å². The summed E-state index contributed by atoms with van der Waals surface area (Å²) in [4.78, 5) is 0. The molecule has 0 aliphatic heterocycles. The topological polar surface area (TPSA) is 40.5 Å². The van der Waals surface area contributed by atoms with E-state index in [0.29, 0.717) is 11.5 Å². The molecule has 1 aromatic carbocycles. The number of phenols is 2. The minimum atomic E-state index is 0.208. The largest absolute Gasteiger partial charge is 0.507 e. The van der Waals surface area contributed by atoms with Gasteiger partial charge >= 0.3 is 0 Å². The van der Waals surface area contributed by atoms with E-state index in [1.54, 1.807) is 0 Å². The fourth-order valence-electron chi connectivity index (χ4n) is 3.54. The van der Waals surface area contributed by atoms with Gasteiger partial charge in [0.25, 0.3) is 0 Å². The smallest absolute Gasteiger partial charge is 0.127 e. The Morgan fingerprint density at radius 3 is 2.43 bits per heavy atom. The molecular weight excluding hydrogens is 284 g/mol. The highest BCUT2D eigenvalue weighted by molar-refractivity contribution is 5.80. The zero-order chi connectivity index (χ0) is 17.0. The molecule has 1 atom stereocenters. The predicted molar refractivity (Wildman–Crippen MR) is 97.7 cm³/mol. The summed E-state index contributed by atoms with van der Waals surface area (Å²) in [5.41, 5.74) is 4.95. The van der Waals surface area contributed by atoms with Crippen molar-refractivity contribution in [2.45, 2.75) is 65.7 Å². The SMILES string of the molecule is C=C(C)C1=C(c2c(O)cc(CCCCC)cc2O)CC(C)CC1. The highest BCUT2D eigenvalue weighted by Gasteiger charge is 2.24. The van der Waals surface area contributed by atoms with E-state index >= 15 is 0 Å². The molecule has 0 saturated carbocycles. The number of rotatable bonds is 6. The van der Waals surface area contributed by atoms with E-state index in [1.165, 1.54) is 18.4 Å². The van der Waals surface area contributed by atoms with Gasteiger partial charge in [0.2, 0.25) is 0 Å². The Morgan fingerprint density at radius 2 is 1.87 bits per heavy atom. The zero-order valence-electron chi connectivity index (χ0n) is 14.8. The average Bonchev–Trinajstić information content (AvgIpc) is 2.46. The van der Waals surface area contributed by atoms with E-state index in [1.807, 2.05) is 19.1 Å². The molecular formula is C21H30O2. The second-order valence-electron chi connectivity index (χ2n) is 7.05. The summed E-state index contributed by atoms with van der Waals surface area (Å²) in [5.74, 6) is 0.981. The lowest BCUT2D eigenvalue weighted by molar-refractivity contribution is 0.442. The van der Waals surface area contributed by atoms with Crippen LogP contribution in [-0.4, -0.2) is 10.2 Å². The summed E-state index contributed by atoms with van der Waals surface area (Å²) < 4.78 is 0. The van der Waals surface area contributed by atoms with Crippen molar-refractivity contribution < 1.29 is 10.2 Å². The molecule has 2 N–H and O–H groups in total. The van der Waals surface area contributed by atoms with Crippen LogP contribution < -0.4 is 0 Å². The van der Waals surface area contributed by atoms with Crippen molar-refractivity contribution in [2.24, 2.45) is 5.92 Å². The molecule has 1 unspecified atom stereocenters. The van der Waals surface area contributed by atoms with Crippen molar-refractivity contribution >= 4 is 5.57 Å². The van der Waals surface area contributed by atoms with Gasteiger partial charge in [-0.15, -0.1) is 0 Å². The maximum atomic E-state index is 10.5. The number of benzene rings is 1. The van der Waals surface area contributed by atoms with E-state index in [9.17, 15) is 10.2 Å². The summed E-state index contributed by atoms with van der Waals surface area (Å²) in [6.07, 6.45) is 7.34. The molecule has 0 saturated heterocycles. The van der Waals surface area contributed by atoms with Gasteiger partial charge in [-0.25, -0.2) is 0 Å². The molecule has 0 bridgehead atoms. The molecule has 1 aliphatic rings. The minimum absolute atomic E-state index is 0.208. The van der Waals surface area contributed by atoms with E-state index in [2.05, 4.69) is 20.4 Å². The number of aromatic hydroxyl groups is 2. The van der Waals surface area contributed by atoms with Gasteiger partial charge in [0.1, 0.15) is 11.5 Å². The Kier molecular flexibility index (Phi) is 5.92. The molecule has 23 heavy (non-hydrogen) atoms. The molecule has 0 radical (unpaired) electrons. The Bertz CT molecular complexity index is 587. The predicted octanol–water partition coefficient (Wildman–Crippen LogP) is 5.98. The first-order valence-corrected chi connectivity index (χ1v) is 8.87. The molecule has 0 spiro atoms. The second kappa shape index (κ2) is 7.72. The number of allylic oxidation sites excluding steroid dienone is 3. The lowest BCUT2D eigenvalue weighted by Crippen LogP contribution is -2.08. The summed E-state index contributed by atoms with van der Waals surface area (Å²) in [5, 5.41) is 21.1. The van der Waals surface area contributed by atoms with Gasteiger partial charge in [-0.2, -0.15) is 0 Å². The fraction of sp³-hybridized carbons (Fsp3) is 0.524. The molecule has 0 fully saturated rings. The molecule has 1 aromatic rings. The highest BCUT2D eigenvalue weighted by atomic mass is 16.3. The molecule has 1 aliphatic carbocycles. The average molecular weight is 314 g/mol. The molecule has 0 aromatic heterocycles. The van der Waals surface area contributed by atoms with Crippen molar-refractivity contribution in [1.29, 1.82) is 0 Å². The normalized spacial score (nSPS) is 18.3. The van der Waals surface area contributed by atoms with Crippen LogP contribution in [0.5, 0.6) is 11.5 Å². The van der Waals surface area contributed by atoms with E-state index in [4.69, 9.17) is 0 Å². The fourth-order valence-corrected chi connectivity index (χ4v) is 3.54. The minimum Gasteiger partial charge on any atom is -0.507 e. The van der Waals surface area contributed by atoms with Crippen LogP contribution in [0, 0.1) is 5.92 Å². The molecule has 0 heterocycles. The lowest BCUT2D eigenvalue weighted by Gasteiger charge is -2.26. The Balaban J connectivity index is 2.40. The van der Waals surface area contributed by atoms with Gasteiger partial charge in [-0.1, -0.05) is 38.8 Å². The number of unbranched alkanes of at least 4 members (excludes halogenated alkanes) is 2. The van der Waals surface area contributed by atoms with Crippen molar-refractivity contribution in [1.82, 2.24) is 0 Å². The number of hydrogen-bond acceptors (Lipinski definition) is 2.